The van der Waals surface area contributed by atoms with E-state index in [1.807, 2.05) is 29.6 Å². The first-order valence-electron chi connectivity index (χ1n) is 4.39. The van der Waals surface area contributed by atoms with Crippen molar-refractivity contribution in [3.8, 4) is 16.2 Å². The Morgan fingerprint density at radius 3 is 2.67 bits per heavy atom. The summed E-state index contributed by atoms with van der Waals surface area (Å²) in [6.45, 7) is 0. The number of nitrogen functional groups attached to an aromatic ring is 1. The maximum absolute atomic E-state index is 5.85. The maximum Gasteiger partial charge on any atom is 0.141 e. The van der Waals surface area contributed by atoms with Crippen molar-refractivity contribution in [2.24, 2.45) is 0 Å². The summed E-state index contributed by atoms with van der Waals surface area (Å²) in [5.74, 6) is 0.714. The number of ether oxygens (including phenoxy) is 1. The highest BCUT2D eigenvalue weighted by molar-refractivity contribution is 9.10. The second-order valence-electron chi connectivity index (χ2n) is 3.05. The molecule has 0 fully saturated rings. The summed E-state index contributed by atoms with van der Waals surface area (Å²) >= 11 is 5.18. The van der Waals surface area contributed by atoms with Gasteiger partial charge in [0, 0.05) is 9.35 Å². The number of rotatable bonds is 2. The predicted octanol–water partition coefficient (Wildman–Crippen LogP) is 3.77. The van der Waals surface area contributed by atoms with Gasteiger partial charge in [-0.3, -0.25) is 0 Å². The number of benzene rings is 1. The van der Waals surface area contributed by atoms with Crippen LogP contribution < -0.4 is 10.5 Å². The zero-order chi connectivity index (χ0) is 10.8. The molecule has 0 spiro atoms. The Morgan fingerprint density at radius 2 is 2.13 bits per heavy atom. The molecule has 15 heavy (non-hydrogen) atoms. The largest absolute Gasteiger partial charge is 0.495 e. The molecule has 0 saturated heterocycles. The molecule has 0 aliphatic carbocycles. The molecule has 2 nitrogen and oxygen atoms in total. The van der Waals surface area contributed by atoms with Gasteiger partial charge in [-0.2, -0.15) is 0 Å². The third-order valence-corrected chi connectivity index (χ3v) is 4.00. The lowest BCUT2D eigenvalue weighted by Crippen LogP contribution is -1.92. The van der Waals surface area contributed by atoms with E-state index in [0.717, 1.165) is 10.0 Å². The summed E-state index contributed by atoms with van der Waals surface area (Å²) in [6.07, 6.45) is 0. The fourth-order valence-corrected chi connectivity index (χ4v) is 2.98. The fraction of sp³-hybridized carbons (Fsp3) is 0.0909. The van der Waals surface area contributed by atoms with Crippen LogP contribution in [0.15, 0.2) is 34.1 Å². The zero-order valence-corrected chi connectivity index (χ0v) is 10.6. The van der Waals surface area contributed by atoms with E-state index in [9.17, 15) is 0 Å². The van der Waals surface area contributed by atoms with Crippen molar-refractivity contribution in [1.82, 2.24) is 0 Å². The quantitative estimate of drug-likeness (QED) is 0.852. The molecule has 2 N–H and O–H groups in total. The van der Waals surface area contributed by atoms with Gasteiger partial charge in [0.2, 0.25) is 0 Å². The molecule has 1 aromatic heterocycles. The molecule has 0 unspecified atom stereocenters. The van der Waals surface area contributed by atoms with Crippen molar-refractivity contribution in [3.05, 3.63) is 34.1 Å². The van der Waals surface area contributed by atoms with Crippen LogP contribution in [-0.4, -0.2) is 7.11 Å². The Hall–Kier alpha value is -1.00. The van der Waals surface area contributed by atoms with Gasteiger partial charge in [-0.05, 0) is 51.1 Å². The average molecular weight is 284 g/mol. The van der Waals surface area contributed by atoms with Crippen molar-refractivity contribution in [1.29, 1.82) is 0 Å². The first-order chi connectivity index (χ1) is 7.22. The summed E-state index contributed by atoms with van der Waals surface area (Å²) in [7, 11) is 1.62. The van der Waals surface area contributed by atoms with Crippen LogP contribution in [-0.2, 0) is 0 Å². The monoisotopic (exact) mass is 283 g/mol. The van der Waals surface area contributed by atoms with E-state index < -0.39 is 0 Å². The second kappa shape index (κ2) is 4.24. The lowest BCUT2D eigenvalue weighted by molar-refractivity contribution is 0.417. The topological polar surface area (TPSA) is 35.2 Å². The molecular weight excluding hydrogens is 274 g/mol. The molecule has 4 heteroatoms. The summed E-state index contributed by atoms with van der Waals surface area (Å²) in [5.41, 5.74) is 7.62. The van der Waals surface area contributed by atoms with E-state index in [4.69, 9.17) is 10.5 Å². The van der Waals surface area contributed by atoms with Crippen LogP contribution in [0.3, 0.4) is 0 Å². The van der Waals surface area contributed by atoms with Crippen LogP contribution in [0.4, 0.5) is 5.69 Å². The van der Waals surface area contributed by atoms with Crippen LogP contribution in [0.1, 0.15) is 0 Å². The average Bonchev–Trinajstić information content (AvgIpc) is 2.64. The third-order valence-electron chi connectivity index (χ3n) is 2.11. The maximum atomic E-state index is 5.85. The molecule has 0 bridgehead atoms. The molecule has 0 radical (unpaired) electrons. The first-order valence-corrected chi connectivity index (χ1v) is 6.06. The second-order valence-corrected chi connectivity index (χ2v) is 4.82. The van der Waals surface area contributed by atoms with Gasteiger partial charge in [-0.25, -0.2) is 0 Å². The molecule has 0 amide bonds. The SMILES string of the molecule is COc1ccc(-c2sccc2Br)cc1N. The zero-order valence-electron chi connectivity index (χ0n) is 8.16. The smallest absolute Gasteiger partial charge is 0.141 e. The fourth-order valence-electron chi connectivity index (χ4n) is 1.38. The Balaban J connectivity index is 2.47. The van der Waals surface area contributed by atoms with Gasteiger partial charge in [-0.1, -0.05) is 0 Å². The van der Waals surface area contributed by atoms with Crippen LogP contribution >= 0.6 is 27.3 Å². The highest BCUT2D eigenvalue weighted by Gasteiger charge is 2.06. The van der Waals surface area contributed by atoms with Crippen LogP contribution in [0.25, 0.3) is 10.4 Å². The van der Waals surface area contributed by atoms with Crippen molar-refractivity contribution in [3.63, 3.8) is 0 Å². The molecule has 0 aliphatic heterocycles. The first kappa shape index (κ1) is 10.5. The van der Waals surface area contributed by atoms with E-state index in [0.29, 0.717) is 11.4 Å². The lowest BCUT2D eigenvalue weighted by Gasteiger charge is -2.06. The lowest BCUT2D eigenvalue weighted by atomic mass is 10.1. The molecular formula is C11H10BrNOS. The van der Waals surface area contributed by atoms with Crippen LogP contribution in [0.2, 0.25) is 0 Å². The number of anilines is 1. The standard InChI is InChI=1S/C11H10BrNOS/c1-14-10-3-2-7(6-9(10)13)11-8(12)4-5-15-11/h2-6H,13H2,1H3. The number of nitrogens with two attached hydrogens (primary N) is 1. The Kier molecular flexibility index (Phi) is 2.98. The minimum atomic E-state index is 0.662. The molecule has 0 saturated carbocycles. The van der Waals surface area contributed by atoms with Gasteiger partial charge in [0.05, 0.1) is 12.8 Å². The molecule has 1 aromatic carbocycles. The van der Waals surface area contributed by atoms with Gasteiger partial charge in [-0.15, -0.1) is 11.3 Å². The number of thiophene rings is 1. The predicted molar refractivity (Wildman–Crippen MR) is 68.4 cm³/mol. The third kappa shape index (κ3) is 2.01. The Labute approximate surface area is 101 Å². The molecule has 78 valence electrons. The highest BCUT2D eigenvalue weighted by atomic mass is 79.9. The van der Waals surface area contributed by atoms with Crippen molar-refractivity contribution in [2.45, 2.75) is 0 Å². The van der Waals surface area contributed by atoms with Gasteiger partial charge >= 0.3 is 0 Å². The number of hydrogen-bond donors (Lipinski definition) is 1. The molecule has 2 rings (SSSR count). The minimum Gasteiger partial charge on any atom is -0.495 e. The van der Waals surface area contributed by atoms with Crippen molar-refractivity contribution < 1.29 is 4.74 Å². The number of halogens is 1. The highest BCUT2D eigenvalue weighted by Crippen LogP contribution is 2.36. The van der Waals surface area contributed by atoms with Crippen molar-refractivity contribution >= 4 is 33.0 Å². The van der Waals surface area contributed by atoms with Gasteiger partial charge in [0.25, 0.3) is 0 Å². The van der Waals surface area contributed by atoms with Crippen molar-refractivity contribution in [2.75, 3.05) is 12.8 Å². The summed E-state index contributed by atoms with van der Waals surface area (Å²) < 4.78 is 6.21. The molecule has 0 atom stereocenters. The van der Waals surface area contributed by atoms with Crippen LogP contribution in [0.5, 0.6) is 5.75 Å². The normalized spacial score (nSPS) is 10.3. The van der Waals surface area contributed by atoms with Crippen LogP contribution in [0, 0.1) is 0 Å². The van der Waals surface area contributed by atoms with E-state index in [-0.39, 0.29) is 0 Å². The van der Waals surface area contributed by atoms with E-state index in [1.54, 1.807) is 18.4 Å². The number of hydrogen-bond acceptors (Lipinski definition) is 3. The van der Waals surface area contributed by atoms with E-state index in [2.05, 4.69) is 15.9 Å². The van der Waals surface area contributed by atoms with E-state index in [1.165, 1.54) is 4.88 Å². The number of methoxy groups -OCH3 is 1. The van der Waals surface area contributed by atoms with Gasteiger partial charge in [0.1, 0.15) is 5.75 Å². The van der Waals surface area contributed by atoms with Gasteiger partial charge in [0.15, 0.2) is 0 Å². The Morgan fingerprint density at radius 1 is 1.33 bits per heavy atom. The molecule has 1 heterocycles. The summed E-state index contributed by atoms with van der Waals surface area (Å²) in [6, 6.07) is 7.85. The minimum absolute atomic E-state index is 0.662. The molecule has 0 aliphatic rings. The molecule has 2 aromatic rings. The summed E-state index contributed by atoms with van der Waals surface area (Å²) in [5, 5.41) is 2.04. The Bertz CT molecular complexity index is 481. The van der Waals surface area contributed by atoms with E-state index >= 15 is 0 Å². The summed E-state index contributed by atoms with van der Waals surface area (Å²) in [4.78, 5) is 1.18. The van der Waals surface area contributed by atoms with Gasteiger partial charge < -0.3 is 10.5 Å².